The molecule has 3 aromatic heterocycles. The van der Waals surface area contributed by atoms with Crippen LogP contribution >= 0.6 is 34.0 Å². The molecule has 77 heavy (non-hydrogen) atoms. The third kappa shape index (κ3) is 18.5. The molecule has 24 nitrogen and oxygen atoms in total. The molecule has 2 aromatic carbocycles. The van der Waals surface area contributed by atoms with Gasteiger partial charge < -0.3 is 63.0 Å². The van der Waals surface area contributed by atoms with E-state index in [1.165, 1.54) is 25.2 Å². The van der Waals surface area contributed by atoms with Crippen LogP contribution in [0.5, 0.6) is 0 Å². The molecule has 0 aliphatic heterocycles. The third-order valence-corrected chi connectivity index (χ3v) is 14.6. The Morgan fingerprint density at radius 1 is 0.403 bits per heavy atom. The maximum Gasteiger partial charge on any atom is 0.326 e. The normalized spacial score (nSPS) is 13.1. The summed E-state index contributed by atoms with van der Waals surface area (Å²) in [6, 6.07) is 18.3. The van der Waals surface area contributed by atoms with Gasteiger partial charge in [-0.25, -0.2) is 9.59 Å². The number of nitrogens with one attached hydrogen (secondary N) is 8. The Bertz CT molecular complexity index is 2800. The highest BCUT2D eigenvalue weighted by molar-refractivity contribution is 7.27. The molecule has 6 atom stereocenters. The molecule has 0 bridgehead atoms. The van der Waals surface area contributed by atoms with Crippen LogP contribution in [-0.4, -0.2) is 141 Å². The Morgan fingerprint density at radius 3 is 1.06 bits per heavy atom. The molecule has 3 heterocycles. The Labute approximate surface area is 450 Å². The molecule has 5 rings (SSSR count). The number of carboxylic acid groups (broad SMARTS) is 4. The minimum atomic E-state index is -1.77. The first-order chi connectivity index (χ1) is 36.6. The van der Waals surface area contributed by atoms with Crippen LogP contribution in [0.1, 0.15) is 57.2 Å². The van der Waals surface area contributed by atoms with E-state index in [9.17, 15) is 67.7 Å². The number of carbonyl (C=O) groups is 12. The van der Waals surface area contributed by atoms with Crippen LogP contribution in [0, 0.1) is 0 Å². The third-order valence-electron chi connectivity index (χ3n) is 10.9. The van der Waals surface area contributed by atoms with Gasteiger partial charge in [-0.15, -0.1) is 34.0 Å². The average molecular weight is 1120 g/mol. The Hall–Kier alpha value is -8.82. The predicted molar refractivity (Wildman–Crippen MR) is 279 cm³/mol. The molecule has 27 heteroatoms. The van der Waals surface area contributed by atoms with E-state index in [-0.39, 0.29) is 22.6 Å². The lowest BCUT2D eigenvalue weighted by Gasteiger charge is -2.23. The van der Waals surface area contributed by atoms with Crippen molar-refractivity contribution < 1.29 is 78.0 Å². The molecule has 0 unspecified atom stereocenters. The summed E-state index contributed by atoms with van der Waals surface area (Å²) in [7, 11) is 0. The summed E-state index contributed by atoms with van der Waals surface area (Å²) in [6.07, 6.45) is -2.01. The van der Waals surface area contributed by atoms with Gasteiger partial charge in [0.25, 0.3) is 11.8 Å². The first kappa shape index (κ1) is 59.1. The fraction of sp³-hybridized carbons (Fsp3) is 0.280. The summed E-state index contributed by atoms with van der Waals surface area (Å²) >= 11 is 3.66. The van der Waals surface area contributed by atoms with Crippen molar-refractivity contribution in [2.24, 2.45) is 0 Å². The van der Waals surface area contributed by atoms with Crippen LogP contribution in [0.3, 0.4) is 0 Å². The van der Waals surface area contributed by atoms with Crippen LogP contribution < -0.4 is 42.5 Å². The summed E-state index contributed by atoms with van der Waals surface area (Å²) in [5.74, 6) is -12.3. The lowest BCUT2D eigenvalue weighted by Crippen LogP contribution is -2.56. The molecule has 8 amide bonds. The standard InChI is InChI=1S/C50H52N8O16S3/c1-25(43(65)55-29(19-27-9-5-3-6-10-27)45(67)57-31(49(71)72)21-41(61)62)53-39(59)23-51-47(69)37-17-15-35(76-37)33-13-14-34(75-33)36-16-18-38(77-36)48(70)52-24-40(60)54-26(2)44(66)56-30(20-28-11-7-4-8-12-28)46(68)58-32(50(73)74)22-42(63)64/h3-18,25-26,29-32H,19-24H2,1-2H3,(H,51,69)(H,52,70)(H,53,59)(H,54,60)(H,55,65)(H,56,66)(H,57,67)(H,58,68)(H,61,62)(H,63,64)(H,71,72)(H,73,74)/t25-,26-,29-,30-,31-,32-/m0/s1. The second-order valence-electron chi connectivity index (χ2n) is 16.9. The number of hydrogen-bond acceptors (Lipinski definition) is 15. The number of thiophene rings is 3. The molecule has 0 saturated carbocycles. The second kappa shape index (κ2) is 28.2. The molecule has 0 saturated heterocycles. The van der Waals surface area contributed by atoms with Crippen LogP contribution in [0.15, 0.2) is 97.1 Å². The largest absolute Gasteiger partial charge is 0.481 e. The Morgan fingerprint density at radius 2 is 0.727 bits per heavy atom. The van der Waals surface area contributed by atoms with E-state index in [0.717, 1.165) is 32.4 Å². The molecule has 406 valence electrons. The molecular formula is C50H52N8O16S3. The van der Waals surface area contributed by atoms with Gasteiger partial charge in [0.2, 0.25) is 35.4 Å². The number of carbonyl (C=O) groups excluding carboxylic acids is 8. The van der Waals surface area contributed by atoms with E-state index in [0.29, 0.717) is 20.9 Å². The van der Waals surface area contributed by atoms with E-state index >= 15 is 0 Å². The van der Waals surface area contributed by atoms with Crippen LogP contribution in [-0.2, 0) is 60.8 Å². The molecule has 0 aliphatic carbocycles. The zero-order valence-corrected chi connectivity index (χ0v) is 43.3. The highest BCUT2D eigenvalue weighted by atomic mass is 32.1. The Balaban J connectivity index is 1.09. The van der Waals surface area contributed by atoms with E-state index < -0.39 is 133 Å². The van der Waals surface area contributed by atoms with Crippen LogP contribution in [0.2, 0.25) is 0 Å². The van der Waals surface area contributed by atoms with Gasteiger partial charge in [0, 0.05) is 32.4 Å². The highest BCUT2D eigenvalue weighted by Crippen LogP contribution is 2.40. The number of aliphatic carboxylic acids is 4. The first-order valence-electron chi connectivity index (χ1n) is 23.2. The number of carboxylic acids is 4. The topological polar surface area (TPSA) is 382 Å². The smallest absolute Gasteiger partial charge is 0.326 e. The summed E-state index contributed by atoms with van der Waals surface area (Å²) in [6.45, 7) is 1.61. The van der Waals surface area contributed by atoms with Crippen molar-refractivity contribution in [1.82, 2.24) is 42.5 Å². The van der Waals surface area contributed by atoms with E-state index in [4.69, 9.17) is 10.2 Å². The first-order valence-corrected chi connectivity index (χ1v) is 25.7. The molecule has 0 fully saturated rings. The SMILES string of the molecule is C[C@H](NC(=O)CNC(=O)c1ccc(-c2ccc(-c3ccc(C(=O)NCC(=O)N[C@@H](C)C(=O)N[C@@H](Cc4ccccc4)C(=O)N[C@@H](CC(=O)O)C(=O)O)s3)s2)s1)C(=O)N[C@@H](Cc1ccccc1)C(=O)N[C@@H](CC(=O)O)C(=O)O. The van der Waals surface area contributed by atoms with Gasteiger partial charge in [-0.3, -0.25) is 47.9 Å². The zero-order valence-electron chi connectivity index (χ0n) is 40.9. The van der Waals surface area contributed by atoms with Gasteiger partial charge in [-0.05, 0) is 61.4 Å². The van der Waals surface area contributed by atoms with Crippen molar-refractivity contribution in [3.8, 4) is 19.5 Å². The average Bonchev–Trinajstić information content (AvgIpc) is 4.20. The van der Waals surface area contributed by atoms with Crippen LogP contribution in [0.25, 0.3) is 19.5 Å². The molecule has 0 aliphatic rings. The minimum absolute atomic E-state index is 0.0929. The zero-order chi connectivity index (χ0) is 56.3. The van der Waals surface area contributed by atoms with Crippen molar-refractivity contribution in [1.29, 1.82) is 0 Å². The van der Waals surface area contributed by atoms with Crippen molar-refractivity contribution in [3.63, 3.8) is 0 Å². The molecule has 0 radical (unpaired) electrons. The maximum atomic E-state index is 13.1. The lowest BCUT2D eigenvalue weighted by atomic mass is 10.0. The van der Waals surface area contributed by atoms with Gasteiger partial charge in [0.05, 0.1) is 35.7 Å². The quantitative estimate of drug-likeness (QED) is 0.0335. The summed E-state index contributed by atoms with van der Waals surface area (Å²) in [4.78, 5) is 153. The van der Waals surface area contributed by atoms with Crippen molar-refractivity contribution in [2.45, 2.75) is 75.8 Å². The van der Waals surface area contributed by atoms with Crippen molar-refractivity contribution in [2.75, 3.05) is 13.1 Å². The summed E-state index contributed by atoms with van der Waals surface area (Å²) in [5, 5.41) is 56.0. The molecule has 5 aromatic rings. The van der Waals surface area contributed by atoms with Gasteiger partial charge in [-0.2, -0.15) is 0 Å². The predicted octanol–water partition coefficient (Wildman–Crippen LogP) is 1.22. The Kier molecular flexibility index (Phi) is 21.6. The minimum Gasteiger partial charge on any atom is -0.481 e. The van der Waals surface area contributed by atoms with E-state index in [1.54, 1.807) is 84.9 Å². The van der Waals surface area contributed by atoms with Crippen molar-refractivity contribution >= 4 is 105 Å². The van der Waals surface area contributed by atoms with Crippen molar-refractivity contribution in [3.05, 3.63) is 118 Å². The van der Waals surface area contributed by atoms with E-state index in [1.807, 2.05) is 12.1 Å². The monoisotopic (exact) mass is 1120 g/mol. The van der Waals surface area contributed by atoms with Gasteiger partial charge in [0.1, 0.15) is 36.3 Å². The molecule has 0 spiro atoms. The highest BCUT2D eigenvalue weighted by Gasteiger charge is 2.32. The molecule has 12 N–H and O–H groups in total. The molecular weight excluding hydrogens is 1060 g/mol. The summed E-state index contributed by atoms with van der Waals surface area (Å²) in [5.41, 5.74) is 1.18. The van der Waals surface area contributed by atoms with Gasteiger partial charge in [-0.1, -0.05) is 60.7 Å². The fourth-order valence-electron chi connectivity index (χ4n) is 7.00. The van der Waals surface area contributed by atoms with E-state index in [2.05, 4.69) is 42.5 Å². The summed E-state index contributed by atoms with van der Waals surface area (Å²) < 4.78 is 0. The van der Waals surface area contributed by atoms with Crippen LogP contribution in [0.4, 0.5) is 0 Å². The number of amides is 8. The van der Waals surface area contributed by atoms with Gasteiger partial charge in [0.15, 0.2) is 0 Å². The number of hydrogen-bond donors (Lipinski definition) is 12. The number of benzene rings is 2. The van der Waals surface area contributed by atoms with Gasteiger partial charge >= 0.3 is 23.9 Å². The maximum absolute atomic E-state index is 13.1. The fourth-order valence-corrected chi connectivity index (χ4v) is 10.0. The second-order valence-corrected chi connectivity index (χ2v) is 20.2. The lowest BCUT2D eigenvalue weighted by molar-refractivity contribution is -0.147. The number of rotatable bonds is 28.